The summed E-state index contributed by atoms with van der Waals surface area (Å²) in [6.45, 7) is 0. The molecule has 0 aromatic heterocycles. The predicted octanol–water partition coefficient (Wildman–Crippen LogP) is 2.99. The molecule has 0 amide bonds. The molecule has 0 fully saturated rings. The van der Waals surface area contributed by atoms with Crippen molar-refractivity contribution < 1.29 is 14.0 Å². The zero-order valence-electron chi connectivity index (χ0n) is 10.7. The highest BCUT2D eigenvalue weighted by Gasteiger charge is 2.55. The number of hydrogen-bond acceptors (Lipinski definition) is 2. The number of halogens is 1. The average molecular weight is 266 g/mol. The molecule has 1 atom stereocenters. The number of hydrogen-bond donors (Lipinski definition) is 0. The third kappa shape index (κ3) is 1.27. The first-order valence-corrected chi connectivity index (χ1v) is 6.58. The van der Waals surface area contributed by atoms with E-state index in [1.165, 1.54) is 18.2 Å². The highest BCUT2D eigenvalue weighted by molar-refractivity contribution is 6.24. The molecule has 20 heavy (non-hydrogen) atoms. The number of carbonyl (C=O) groups excluding carboxylic acids is 2. The van der Waals surface area contributed by atoms with Crippen molar-refractivity contribution in [1.29, 1.82) is 0 Å². The summed E-state index contributed by atoms with van der Waals surface area (Å²) in [6.07, 6.45) is 0.740. The Labute approximate surface area is 115 Å². The molecule has 0 aliphatic heterocycles. The number of Topliss-reactive ketones (excluding diaryl/α,β-unsaturated/α-hetero) is 2. The zero-order chi connectivity index (χ0) is 13.9. The van der Waals surface area contributed by atoms with Crippen LogP contribution in [0.2, 0.25) is 0 Å². The second-order valence-corrected chi connectivity index (χ2v) is 5.55. The number of benzene rings is 2. The van der Waals surface area contributed by atoms with Crippen LogP contribution in [0, 0.1) is 11.2 Å². The molecule has 1 spiro atoms. The van der Waals surface area contributed by atoms with Gasteiger partial charge in [0.1, 0.15) is 11.2 Å². The van der Waals surface area contributed by atoms with Gasteiger partial charge in [-0.1, -0.05) is 24.3 Å². The fraction of sp³-hybridized carbons (Fsp3) is 0.176. The van der Waals surface area contributed by atoms with Crippen molar-refractivity contribution in [3.8, 4) is 0 Å². The van der Waals surface area contributed by atoms with Gasteiger partial charge in [-0.05, 0) is 42.2 Å². The molecule has 4 rings (SSSR count). The Balaban J connectivity index is 1.87. The van der Waals surface area contributed by atoms with Crippen LogP contribution in [0.15, 0.2) is 42.5 Å². The van der Waals surface area contributed by atoms with Gasteiger partial charge in [-0.25, -0.2) is 4.39 Å². The van der Waals surface area contributed by atoms with Gasteiger partial charge in [0.05, 0.1) is 0 Å². The van der Waals surface area contributed by atoms with E-state index in [9.17, 15) is 14.0 Å². The second-order valence-electron chi connectivity index (χ2n) is 5.55. The summed E-state index contributed by atoms with van der Waals surface area (Å²) in [6, 6.07) is 11.5. The fourth-order valence-corrected chi connectivity index (χ4v) is 3.48. The molecule has 2 aromatic rings. The molecule has 0 radical (unpaired) electrons. The highest BCUT2D eigenvalue weighted by Crippen LogP contribution is 2.46. The summed E-state index contributed by atoms with van der Waals surface area (Å²) in [5.74, 6) is -0.639. The van der Waals surface area contributed by atoms with Crippen LogP contribution in [0.4, 0.5) is 4.39 Å². The third-order valence-corrected chi connectivity index (χ3v) is 4.43. The maximum atomic E-state index is 13.3. The van der Waals surface area contributed by atoms with E-state index in [1.807, 2.05) is 18.2 Å². The Morgan fingerprint density at radius 2 is 1.50 bits per heavy atom. The van der Waals surface area contributed by atoms with Crippen molar-refractivity contribution in [2.24, 2.45) is 5.41 Å². The van der Waals surface area contributed by atoms with Gasteiger partial charge < -0.3 is 0 Å². The van der Waals surface area contributed by atoms with Gasteiger partial charge in [-0.2, -0.15) is 0 Å². The SMILES string of the molecule is O=C1c2ccccc2CC12Cc1cc(F)ccc1C2=O. The van der Waals surface area contributed by atoms with Crippen LogP contribution in [-0.4, -0.2) is 11.6 Å². The van der Waals surface area contributed by atoms with Gasteiger partial charge >= 0.3 is 0 Å². The normalized spacial score (nSPS) is 23.2. The lowest BCUT2D eigenvalue weighted by Gasteiger charge is -2.18. The maximum absolute atomic E-state index is 13.3. The largest absolute Gasteiger partial charge is 0.293 e. The van der Waals surface area contributed by atoms with E-state index in [0.29, 0.717) is 29.5 Å². The van der Waals surface area contributed by atoms with E-state index >= 15 is 0 Å². The van der Waals surface area contributed by atoms with Crippen LogP contribution in [0.3, 0.4) is 0 Å². The molecule has 98 valence electrons. The van der Waals surface area contributed by atoms with E-state index in [2.05, 4.69) is 0 Å². The summed E-state index contributed by atoms with van der Waals surface area (Å²) in [7, 11) is 0. The standard InChI is InChI=1S/C17H11FO2/c18-12-5-6-14-11(7-12)9-17(16(14)20)8-10-3-1-2-4-13(10)15(17)19/h1-7H,8-9H2. The molecule has 2 aromatic carbocycles. The minimum absolute atomic E-state index is 0.116. The lowest BCUT2D eigenvalue weighted by Crippen LogP contribution is -2.34. The number of carbonyl (C=O) groups is 2. The lowest BCUT2D eigenvalue weighted by molar-refractivity contribution is 0.0705. The van der Waals surface area contributed by atoms with Gasteiger partial charge in [0.25, 0.3) is 0 Å². The lowest BCUT2D eigenvalue weighted by atomic mass is 9.80. The average Bonchev–Trinajstić information content (AvgIpc) is 2.87. The minimum atomic E-state index is -1.03. The monoisotopic (exact) mass is 266 g/mol. The number of rotatable bonds is 0. The first kappa shape index (κ1) is 11.5. The Hall–Kier alpha value is -2.29. The zero-order valence-corrected chi connectivity index (χ0v) is 10.7. The Bertz CT molecular complexity index is 778. The second kappa shape index (κ2) is 3.63. The highest BCUT2D eigenvalue weighted by atomic mass is 19.1. The molecular formula is C17H11FO2. The Morgan fingerprint density at radius 1 is 0.850 bits per heavy atom. The van der Waals surface area contributed by atoms with E-state index in [1.54, 1.807) is 6.07 Å². The summed E-state index contributed by atoms with van der Waals surface area (Å²) in [5.41, 5.74) is 1.66. The van der Waals surface area contributed by atoms with Crippen LogP contribution in [0.1, 0.15) is 31.8 Å². The molecule has 0 heterocycles. The van der Waals surface area contributed by atoms with Gasteiger partial charge in [0.2, 0.25) is 0 Å². The molecule has 2 aliphatic rings. The summed E-state index contributed by atoms with van der Waals surface area (Å²) >= 11 is 0. The predicted molar refractivity (Wildman–Crippen MR) is 71.3 cm³/mol. The minimum Gasteiger partial charge on any atom is -0.293 e. The van der Waals surface area contributed by atoms with E-state index in [0.717, 1.165) is 5.56 Å². The molecule has 2 nitrogen and oxygen atoms in total. The summed E-state index contributed by atoms with van der Waals surface area (Å²) in [4.78, 5) is 25.3. The Morgan fingerprint density at radius 3 is 2.25 bits per heavy atom. The van der Waals surface area contributed by atoms with Crippen LogP contribution in [0.25, 0.3) is 0 Å². The molecule has 2 aliphatic carbocycles. The van der Waals surface area contributed by atoms with Crippen molar-refractivity contribution in [2.45, 2.75) is 12.8 Å². The third-order valence-electron chi connectivity index (χ3n) is 4.43. The van der Waals surface area contributed by atoms with Crippen LogP contribution in [-0.2, 0) is 12.8 Å². The number of fused-ring (bicyclic) bond motifs is 2. The number of ketones is 2. The maximum Gasteiger partial charge on any atom is 0.177 e. The van der Waals surface area contributed by atoms with E-state index in [4.69, 9.17) is 0 Å². The van der Waals surface area contributed by atoms with Crippen molar-refractivity contribution in [3.05, 3.63) is 70.5 Å². The van der Waals surface area contributed by atoms with Gasteiger partial charge in [0.15, 0.2) is 11.6 Å². The fourth-order valence-electron chi connectivity index (χ4n) is 3.48. The van der Waals surface area contributed by atoms with E-state index < -0.39 is 5.41 Å². The smallest absolute Gasteiger partial charge is 0.177 e. The quantitative estimate of drug-likeness (QED) is 0.687. The van der Waals surface area contributed by atoms with Crippen LogP contribution < -0.4 is 0 Å². The molecule has 0 saturated heterocycles. The van der Waals surface area contributed by atoms with Gasteiger partial charge in [-0.3, -0.25) is 9.59 Å². The van der Waals surface area contributed by atoms with Crippen LogP contribution >= 0.6 is 0 Å². The van der Waals surface area contributed by atoms with Crippen LogP contribution in [0.5, 0.6) is 0 Å². The van der Waals surface area contributed by atoms with Crippen molar-refractivity contribution in [3.63, 3.8) is 0 Å². The van der Waals surface area contributed by atoms with E-state index in [-0.39, 0.29) is 17.4 Å². The van der Waals surface area contributed by atoms with Crippen molar-refractivity contribution in [1.82, 2.24) is 0 Å². The summed E-state index contributed by atoms with van der Waals surface area (Å²) < 4.78 is 13.3. The molecule has 1 unspecified atom stereocenters. The topological polar surface area (TPSA) is 34.1 Å². The van der Waals surface area contributed by atoms with Crippen molar-refractivity contribution >= 4 is 11.6 Å². The van der Waals surface area contributed by atoms with Crippen molar-refractivity contribution in [2.75, 3.05) is 0 Å². The molecule has 3 heteroatoms. The molecular weight excluding hydrogens is 255 g/mol. The summed E-state index contributed by atoms with van der Waals surface area (Å²) in [5, 5.41) is 0. The molecule has 0 saturated carbocycles. The Kier molecular flexibility index (Phi) is 2.09. The van der Waals surface area contributed by atoms with Gasteiger partial charge in [0, 0.05) is 11.1 Å². The van der Waals surface area contributed by atoms with Gasteiger partial charge in [-0.15, -0.1) is 0 Å². The first-order valence-electron chi connectivity index (χ1n) is 6.58. The molecule has 0 bridgehead atoms. The first-order chi connectivity index (χ1) is 9.62. The molecule has 0 N–H and O–H groups in total.